The summed E-state index contributed by atoms with van der Waals surface area (Å²) in [4.78, 5) is 16.6. The lowest BCUT2D eigenvalue weighted by Gasteiger charge is -2.19. The van der Waals surface area contributed by atoms with E-state index in [9.17, 15) is 15.0 Å². The molecule has 2 N–H and O–H groups in total. The summed E-state index contributed by atoms with van der Waals surface area (Å²) in [6.07, 6.45) is 5.56. The highest BCUT2D eigenvalue weighted by Gasteiger charge is 2.14. The highest BCUT2D eigenvalue weighted by molar-refractivity contribution is 5.63. The molecule has 0 aromatic heterocycles. The van der Waals surface area contributed by atoms with E-state index in [4.69, 9.17) is 9.57 Å². The molecule has 0 radical (unpaired) electrons. The first kappa shape index (κ1) is 19.1. The van der Waals surface area contributed by atoms with Crippen LogP contribution in [-0.2, 0) is 11.4 Å². The first-order chi connectivity index (χ1) is 11.1. The predicted octanol–water partition coefficient (Wildman–Crippen LogP) is 4.17. The molecule has 0 bridgehead atoms. The van der Waals surface area contributed by atoms with E-state index in [1.165, 1.54) is 32.4 Å². The second-order valence-electron chi connectivity index (χ2n) is 5.43. The second kappa shape index (κ2) is 10.7. The Labute approximate surface area is 137 Å². The van der Waals surface area contributed by atoms with Crippen LogP contribution in [0, 0.1) is 0 Å². The maximum absolute atomic E-state index is 11.3. The van der Waals surface area contributed by atoms with Gasteiger partial charge >= 0.3 is 6.09 Å². The lowest BCUT2D eigenvalue weighted by Crippen LogP contribution is -2.29. The molecule has 0 atom stereocenters. The van der Waals surface area contributed by atoms with Gasteiger partial charge in [0.2, 0.25) is 0 Å². The molecule has 0 saturated heterocycles. The Hall–Kier alpha value is -1.95. The summed E-state index contributed by atoms with van der Waals surface area (Å²) in [5, 5.41) is 19.7. The van der Waals surface area contributed by atoms with E-state index in [0.29, 0.717) is 17.9 Å². The molecular weight excluding hydrogens is 298 g/mol. The van der Waals surface area contributed by atoms with Crippen molar-refractivity contribution < 1.29 is 24.6 Å². The molecule has 0 unspecified atom stereocenters. The van der Waals surface area contributed by atoms with Gasteiger partial charge in [-0.2, -0.15) is 5.06 Å². The summed E-state index contributed by atoms with van der Waals surface area (Å²) in [7, 11) is 1.45. The molecule has 1 aromatic carbocycles. The maximum Gasteiger partial charge on any atom is 0.431 e. The molecule has 6 heteroatoms. The number of aromatic hydroxyl groups is 1. The van der Waals surface area contributed by atoms with Crippen molar-refractivity contribution in [3.05, 3.63) is 23.8 Å². The number of phenols is 1. The average Bonchev–Trinajstić information content (AvgIpc) is 2.54. The van der Waals surface area contributed by atoms with Crippen LogP contribution in [0.25, 0.3) is 0 Å². The van der Waals surface area contributed by atoms with Gasteiger partial charge in [-0.05, 0) is 24.1 Å². The lowest BCUT2D eigenvalue weighted by molar-refractivity contribution is -0.138. The molecule has 23 heavy (non-hydrogen) atoms. The van der Waals surface area contributed by atoms with E-state index in [-0.39, 0.29) is 12.3 Å². The Morgan fingerprint density at radius 3 is 2.52 bits per heavy atom. The zero-order valence-electron chi connectivity index (χ0n) is 14.0. The Bertz CT molecular complexity index is 478. The maximum atomic E-state index is 11.3. The van der Waals surface area contributed by atoms with E-state index in [0.717, 1.165) is 24.3 Å². The van der Waals surface area contributed by atoms with E-state index in [1.807, 2.05) is 0 Å². The first-order valence-electron chi connectivity index (χ1n) is 8.07. The number of benzene rings is 1. The van der Waals surface area contributed by atoms with Crippen molar-refractivity contribution in [1.82, 2.24) is 5.06 Å². The van der Waals surface area contributed by atoms with Crippen molar-refractivity contribution in [2.24, 2.45) is 0 Å². The van der Waals surface area contributed by atoms with E-state index in [2.05, 4.69) is 6.92 Å². The molecule has 0 aliphatic heterocycles. The van der Waals surface area contributed by atoms with Gasteiger partial charge in [0, 0.05) is 0 Å². The minimum atomic E-state index is -1.14. The largest absolute Gasteiger partial charge is 0.504 e. The van der Waals surface area contributed by atoms with Gasteiger partial charge in [0.05, 0.1) is 20.3 Å². The molecule has 0 spiro atoms. The number of ether oxygens (including phenoxy) is 1. The second-order valence-corrected chi connectivity index (χ2v) is 5.43. The third-order valence-corrected chi connectivity index (χ3v) is 3.53. The Morgan fingerprint density at radius 2 is 1.87 bits per heavy atom. The Morgan fingerprint density at radius 1 is 1.17 bits per heavy atom. The van der Waals surface area contributed by atoms with Gasteiger partial charge in [0.25, 0.3) is 0 Å². The Balaban J connectivity index is 2.42. The van der Waals surface area contributed by atoms with Crippen LogP contribution in [0.1, 0.15) is 51.0 Å². The van der Waals surface area contributed by atoms with Crippen LogP contribution >= 0.6 is 0 Å². The number of amides is 1. The number of methoxy groups -OCH3 is 1. The highest BCUT2D eigenvalue weighted by Crippen LogP contribution is 2.26. The summed E-state index contributed by atoms with van der Waals surface area (Å²) in [6, 6.07) is 4.71. The van der Waals surface area contributed by atoms with Crippen molar-refractivity contribution in [2.45, 2.75) is 52.0 Å². The van der Waals surface area contributed by atoms with Crippen molar-refractivity contribution in [3.8, 4) is 11.5 Å². The minimum Gasteiger partial charge on any atom is -0.504 e. The van der Waals surface area contributed by atoms with Crippen LogP contribution in [0.3, 0.4) is 0 Å². The quantitative estimate of drug-likeness (QED) is 0.471. The molecule has 0 fully saturated rings. The van der Waals surface area contributed by atoms with Crippen LogP contribution in [0.15, 0.2) is 18.2 Å². The number of phenolic OH excluding ortho intramolecular Hbond substituents is 1. The van der Waals surface area contributed by atoms with Gasteiger partial charge in [0.15, 0.2) is 11.5 Å². The van der Waals surface area contributed by atoms with Gasteiger partial charge < -0.3 is 14.9 Å². The third-order valence-electron chi connectivity index (χ3n) is 3.53. The molecule has 0 aliphatic carbocycles. The highest BCUT2D eigenvalue weighted by atomic mass is 16.7. The average molecular weight is 325 g/mol. The third kappa shape index (κ3) is 7.23. The zero-order valence-corrected chi connectivity index (χ0v) is 14.0. The van der Waals surface area contributed by atoms with Crippen LogP contribution in [0.5, 0.6) is 11.5 Å². The van der Waals surface area contributed by atoms with Gasteiger partial charge in [-0.15, -0.1) is 0 Å². The van der Waals surface area contributed by atoms with Crippen LogP contribution < -0.4 is 4.74 Å². The minimum absolute atomic E-state index is 0.0196. The molecule has 6 nitrogen and oxygen atoms in total. The zero-order chi connectivity index (χ0) is 17.1. The molecule has 0 heterocycles. The topological polar surface area (TPSA) is 79.2 Å². The molecule has 1 rings (SSSR count). The monoisotopic (exact) mass is 325 g/mol. The molecule has 0 aliphatic rings. The smallest absolute Gasteiger partial charge is 0.431 e. The van der Waals surface area contributed by atoms with E-state index in [1.54, 1.807) is 12.1 Å². The molecule has 1 aromatic rings. The fourth-order valence-corrected chi connectivity index (χ4v) is 2.21. The summed E-state index contributed by atoms with van der Waals surface area (Å²) in [5.74, 6) is 0.329. The van der Waals surface area contributed by atoms with Crippen LogP contribution in [0.4, 0.5) is 4.79 Å². The van der Waals surface area contributed by atoms with Gasteiger partial charge in [0.1, 0.15) is 0 Å². The summed E-state index contributed by atoms with van der Waals surface area (Å²) >= 11 is 0. The molecule has 130 valence electrons. The van der Waals surface area contributed by atoms with Gasteiger partial charge in [-0.25, -0.2) is 4.79 Å². The SMILES string of the molecule is CCCCCCCCON(Cc1ccc(O)c(OC)c1)C(=O)O. The van der Waals surface area contributed by atoms with Crippen molar-refractivity contribution in [1.29, 1.82) is 0 Å². The Kier molecular flexibility index (Phi) is 8.90. The number of rotatable bonds is 11. The number of hydrogen-bond donors (Lipinski definition) is 2. The van der Waals surface area contributed by atoms with Gasteiger partial charge in [-0.1, -0.05) is 45.1 Å². The first-order valence-corrected chi connectivity index (χ1v) is 8.07. The van der Waals surface area contributed by atoms with Crippen molar-refractivity contribution in [3.63, 3.8) is 0 Å². The number of hydroxylamine groups is 2. The number of unbranched alkanes of at least 4 members (excludes halogenated alkanes) is 5. The van der Waals surface area contributed by atoms with Crippen LogP contribution in [0.2, 0.25) is 0 Å². The normalized spacial score (nSPS) is 10.5. The summed E-state index contributed by atoms with van der Waals surface area (Å²) < 4.78 is 5.02. The van der Waals surface area contributed by atoms with E-state index >= 15 is 0 Å². The van der Waals surface area contributed by atoms with Crippen molar-refractivity contribution >= 4 is 6.09 Å². The fraction of sp³-hybridized carbons (Fsp3) is 0.588. The number of carboxylic acid groups (broad SMARTS) is 1. The van der Waals surface area contributed by atoms with Gasteiger partial charge in [-0.3, -0.25) is 4.84 Å². The fourth-order valence-electron chi connectivity index (χ4n) is 2.21. The summed E-state index contributed by atoms with van der Waals surface area (Å²) in [6.45, 7) is 2.64. The lowest BCUT2D eigenvalue weighted by atomic mass is 10.1. The van der Waals surface area contributed by atoms with Crippen LogP contribution in [-0.4, -0.2) is 35.1 Å². The van der Waals surface area contributed by atoms with E-state index < -0.39 is 6.09 Å². The number of carbonyl (C=O) groups is 1. The van der Waals surface area contributed by atoms with Crippen molar-refractivity contribution in [2.75, 3.05) is 13.7 Å². The standard InChI is InChI=1S/C17H27NO5/c1-3-4-5-6-7-8-11-23-18(17(20)21)13-14-9-10-15(19)16(12-14)22-2/h9-10,12,19H,3-8,11,13H2,1-2H3,(H,20,21). The molecule has 1 amide bonds. The summed E-state index contributed by atoms with van der Waals surface area (Å²) in [5.41, 5.74) is 0.685. The number of nitrogens with zero attached hydrogens (tertiary/aromatic N) is 1. The molecular formula is C17H27NO5. The molecule has 0 saturated carbocycles. The predicted molar refractivity (Wildman–Crippen MR) is 87.6 cm³/mol. The number of hydrogen-bond acceptors (Lipinski definition) is 4.